The lowest BCUT2D eigenvalue weighted by Crippen LogP contribution is -2.22. The molecule has 29 heavy (non-hydrogen) atoms. The molecule has 0 unspecified atom stereocenters. The molecule has 0 aliphatic rings. The van der Waals surface area contributed by atoms with Crippen LogP contribution in [-0.4, -0.2) is 25.5 Å². The van der Waals surface area contributed by atoms with Gasteiger partial charge in [0.15, 0.2) is 6.61 Å². The van der Waals surface area contributed by atoms with Crippen molar-refractivity contribution >= 4 is 17.5 Å². The van der Waals surface area contributed by atoms with E-state index in [0.29, 0.717) is 29.3 Å². The molecule has 3 aromatic rings. The molecule has 0 atom stereocenters. The summed E-state index contributed by atoms with van der Waals surface area (Å²) in [5.41, 5.74) is 2.13. The maximum absolute atomic E-state index is 12.2. The van der Waals surface area contributed by atoms with E-state index in [4.69, 9.17) is 9.47 Å². The number of nitrogens with one attached hydrogen (secondary N) is 2. The van der Waals surface area contributed by atoms with Crippen LogP contribution in [0.3, 0.4) is 0 Å². The van der Waals surface area contributed by atoms with Crippen LogP contribution in [0.5, 0.6) is 11.5 Å². The van der Waals surface area contributed by atoms with Crippen molar-refractivity contribution in [2.45, 2.75) is 6.54 Å². The average Bonchev–Trinajstić information content (AvgIpc) is 2.77. The van der Waals surface area contributed by atoms with Crippen LogP contribution < -0.4 is 20.1 Å². The number of rotatable bonds is 8. The van der Waals surface area contributed by atoms with Crippen molar-refractivity contribution in [1.82, 2.24) is 5.32 Å². The van der Waals surface area contributed by atoms with Crippen molar-refractivity contribution in [2.75, 3.05) is 19.0 Å². The van der Waals surface area contributed by atoms with Gasteiger partial charge in [-0.1, -0.05) is 42.5 Å². The molecular formula is C23H22N2O4. The molecule has 0 aliphatic heterocycles. The summed E-state index contributed by atoms with van der Waals surface area (Å²) < 4.78 is 10.7. The minimum absolute atomic E-state index is 0.155. The summed E-state index contributed by atoms with van der Waals surface area (Å²) in [6.07, 6.45) is 0. The lowest BCUT2D eigenvalue weighted by atomic mass is 10.2. The van der Waals surface area contributed by atoms with Gasteiger partial charge in [-0.2, -0.15) is 0 Å². The number of carbonyl (C=O) groups is 2. The topological polar surface area (TPSA) is 76.7 Å². The van der Waals surface area contributed by atoms with Gasteiger partial charge in [0, 0.05) is 12.1 Å². The van der Waals surface area contributed by atoms with E-state index >= 15 is 0 Å². The van der Waals surface area contributed by atoms with Crippen LogP contribution in [0.25, 0.3) is 0 Å². The zero-order chi connectivity index (χ0) is 20.5. The van der Waals surface area contributed by atoms with Crippen molar-refractivity contribution in [3.8, 4) is 11.5 Å². The Morgan fingerprint density at radius 3 is 2.28 bits per heavy atom. The third-order valence-electron chi connectivity index (χ3n) is 4.16. The number of carbonyl (C=O) groups excluding carboxylic acids is 2. The van der Waals surface area contributed by atoms with Crippen LogP contribution >= 0.6 is 0 Å². The van der Waals surface area contributed by atoms with E-state index in [1.54, 1.807) is 49.6 Å². The first-order chi connectivity index (χ1) is 14.2. The van der Waals surface area contributed by atoms with Crippen LogP contribution in [0.15, 0.2) is 78.9 Å². The molecule has 0 aliphatic carbocycles. The smallest absolute Gasteiger partial charge is 0.262 e. The van der Waals surface area contributed by atoms with Gasteiger partial charge in [0.2, 0.25) is 0 Å². The van der Waals surface area contributed by atoms with Gasteiger partial charge in [0.25, 0.3) is 11.8 Å². The number of hydrogen-bond donors (Lipinski definition) is 2. The SMILES string of the molecule is COc1ccccc1NC(=O)COc1ccc(C(=O)NCc2ccccc2)cc1. The van der Waals surface area contributed by atoms with E-state index in [2.05, 4.69) is 10.6 Å². The molecule has 2 N–H and O–H groups in total. The highest BCUT2D eigenvalue weighted by Gasteiger charge is 2.09. The number of ether oxygens (including phenoxy) is 2. The highest BCUT2D eigenvalue weighted by atomic mass is 16.5. The predicted octanol–water partition coefficient (Wildman–Crippen LogP) is 3.64. The largest absolute Gasteiger partial charge is 0.495 e. The molecule has 0 bridgehead atoms. The Hall–Kier alpha value is -3.80. The van der Waals surface area contributed by atoms with Crippen molar-refractivity contribution in [3.05, 3.63) is 90.0 Å². The van der Waals surface area contributed by atoms with E-state index in [0.717, 1.165) is 5.56 Å². The van der Waals surface area contributed by atoms with Gasteiger partial charge in [-0.05, 0) is 42.0 Å². The second kappa shape index (κ2) is 9.94. The first-order valence-electron chi connectivity index (χ1n) is 9.13. The first-order valence-corrected chi connectivity index (χ1v) is 9.13. The molecular weight excluding hydrogens is 368 g/mol. The molecule has 0 saturated heterocycles. The lowest BCUT2D eigenvalue weighted by molar-refractivity contribution is -0.118. The summed E-state index contributed by atoms with van der Waals surface area (Å²) in [4.78, 5) is 24.3. The van der Waals surface area contributed by atoms with Crippen LogP contribution in [0.4, 0.5) is 5.69 Å². The lowest BCUT2D eigenvalue weighted by Gasteiger charge is -2.11. The Balaban J connectivity index is 1.48. The summed E-state index contributed by atoms with van der Waals surface area (Å²) >= 11 is 0. The van der Waals surface area contributed by atoms with Crippen LogP contribution in [0, 0.1) is 0 Å². The molecule has 0 aromatic heterocycles. The Bertz CT molecular complexity index is 956. The summed E-state index contributed by atoms with van der Waals surface area (Å²) in [5, 5.41) is 5.61. The van der Waals surface area contributed by atoms with E-state index in [9.17, 15) is 9.59 Å². The molecule has 0 spiro atoms. The number of benzene rings is 3. The summed E-state index contributed by atoms with van der Waals surface area (Å²) in [7, 11) is 1.54. The number of para-hydroxylation sites is 2. The standard InChI is InChI=1S/C23H22N2O4/c1-28-21-10-6-5-9-20(21)25-22(26)16-29-19-13-11-18(12-14-19)23(27)24-15-17-7-3-2-4-8-17/h2-14H,15-16H2,1H3,(H,24,27)(H,25,26). The highest BCUT2D eigenvalue weighted by molar-refractivity contribution is 5.94. The van der Waals surface area contributed by atoms with Gasteiger partial charge in [-0.15, -0.1) is 0 Å². The maximum atomic E-state index is 12.2. The van der Waals surface area contributed by atoms with Crippen molar-refractivity contribution in [3.63, 3.8) is 0 Å². The van der Waals surface area contributed by atoms with Crippen molar-refractivity contribution < 1.29 is 19.1 Å². The highest BCUT2D eigenvalue weighted by Crippen LogP contribution is 2.23. The fraction of sp³-hybridized carbons (Fsp3) is 0.130. The fourth-order valence-electron chi connectivity index (χ4n) is 2.67. The molecule has 0 saturated carbocycles. The van der Waals surface area contributed by atoms with Gasteiger partial charge in [0.1, 0.15) is 11.5 Å². The Kier molecular flexibility index (Phi) is 6.84. The number of amides is 2. The molecule has 2 amide bonds. The Morgan fingerprint density at radius 1 is 0.862 bits per heavy atom. The van der Waals surface area contributed by atoms with Crippen LogP contribution in [0.1, 0.15) is 15.9 Å². The summed E-state index contributed by atoms with van der Waals surface area (Å²) in [5.74, 6) is 0.597. The van der Waals surface area contributed by atoms with E-state index in [1.165, 1.54) is 0 Å². The summed E-state index contributed by atoms with van der Waals surface area (Å²) in [6.45, 7) is 0.304. The zero-order valence-corrected chi connectivity index (χ0v) is 16.1. The van der Waals surface area contributed by atoms with Gasteiger partial charge in [-0.3, -0.25) is 9.59 Å². The van der Waals surface area contributed by atoms with E-state index in [1.807, 2.05) is 36.4 Å². The molecule has 3 aromatic carbocycles. The Morgan fingerprint density at radius 2 is 1.55 bits per heavy atom. The average molecular weight is 390 g/mol. The van der Waals surface area contributed by atoms with Crippen LogP contribution in [-0.2, 0) is 11.3 Å². The van der Waals surface area contributed by atoms with Gasteiger partial charge in [-0.25, -0.2) is 0 Å². The molecule has 6 heteroatoms. The van der Waals surface area contributed by atoms with Crippen molar-refractivity contribution in [2.24, 2.45) is 0 Å². The predicted molar refractivity (Wildman–Crippen MR) is 111 cm³/mol. The molecule has 3 rings (SSSR count). The monoisotopic (exact) mass is 390 g/mol. The van der Waals surface area contributed by atoms with E-state index < -0.39 is 0 Å². The third kappa shape index (κ3) is 5.84. The molecule has 148 valence electrons. The van der Waals surface area contributed by atoms with Crippen LogP contribution in [0.2, 0.25) is 0 Å². The summed E-state index contributed by atoms with van der Waals surface area (Å²) in [6, 6.07) is 23.5. The first kappa shape index (κ1) is 19.9. The van der Waals surface area contributed by atoms with Gasteiger partial charge in [0.05, 0.1) is 12.8 Å². The number of anilines is 1. The quantitative estimate of drug-likeness (QED) is 0.616. The molecule has 0 radical (unpaired) electrons. The second-order valence-corrected chi connectivity index (χ2v) is 6.23. The fourth-order valence-corrected chi connectivity index (χ4v) is 2.67. The minimum Gasteiger partial charge on any atom is -0.495 e. The van der Waals surface area contributed by atoms with Gasteiger partial charge >= 0.3 is 0 Å². The van der Waals surface area contributed by atoms with Gasteiger partial charge < -0.3 is 20.1 Å². The van der Waals surface area contributed by atoms with E-state index in [-0.39, 0.29) is 18.4 Å². The minimum atomic E-state index is -0.306. The third-order valence-corrected chi connectivity index (χ3v) is 4.16. The molecule has 6 nitrogen and oxygen atoms in total. The number of methoxy groups -OCH3 is 1. The normalized spacial score (nSPS) is 10.1. The zero-order valence-electron chi connectivity index (χ0n) is 16.1. The van der Waals surface area contributed by atoms with Crippen molar-refractivity contribution in [1.29, 1.82) is 0 Å². The maximum Gasteiger partial charge on any atom is 0.262 e. The second-order valence-electron chi connectivity index (χ2n) is 6.23. The Labute approximate surface area is 169 Å². The number of hydrogen-bond acceptors (Lipinski definition) is 4. The molecule has 0 heterocycles. The molecule has 0 fully saturated rings.